The summed E-state index contributed by atoms with van der Waals surface area (Å²) in [5.74, 6) is 0.321. The molecule has 6 heteroatoms. The van der Waals surface area contributed by atoms with E-state index >= 15 is 0 Å². The number of amides is 2. The molecule has 4 rings (SSSR count). The van der Waals surface area contributed by atoms with Crippen molar-refractivity contribution in [3.05, 3.63) is 65.7 Å². The molecule has 1 aliphatic carbocycles. The molecule has 1 saturated carbocycles. The van der Waals surface area contributed by atoms with Gasteiger partial charge >= 0.3 is 0 Å². The third-order valence-electron chi connectivity index (χ3n) is 6.28. The van der Waals surface area contributed by atoms with Gasteiger partial charge < -0.3 is 16.0 Å². The van der Waals surface area contributed by atoms with Crippen molar-refractivity contribution in [3.8, 4) is 0 Å². The molecule has 2 fully saturated rings. The highest BCUT2D eigenvalue weighted by atomic mass is 35.5. The lowest BCUT2D eigenvalue weighted by Gasteiger charge is -2.25. The van der Waals surface area contributed by atoms with E-state index < -0.39 is 0 Å². The second kappa shape index (κ2) is 10.1. The number of carbonyl (C=O) groups is 2. The first-order valence-electron chi connectivity index (χ1n) is 10.6. The molecular weight excluding hydrogens is 398 g/mol. The Morgan fingerprint density at radius 2 is 1.70 bits per heavy atom. The van der Waals surface area contributed by atoms with Crippen LogP contribution in [-0.2, 0) is 4.79 Å². The minimum atomic E-state index is -0.00453. The summed E-state index contributed by atoms with van der Waals surface area (Å²) in [6.45, 7) is 0.776. The second-order valence-electron chi connectivity index (χ2n) is 8.25. The summed E-state index contributed by atoms with van der Waals surface area (Å²) in [5, 5.41) is 2.94. The molecule has 1 heterocycles. The van der Waals surface area contributed by atoms with Crippen molar-refractivity contribution >= 4 is 29.9 Å². The molecule has 2 aromatic rings. The molecule has 2 amide bonds. The summed E-state index contributed by atoms with van der Waals surface area (Å²) in [5.41, 5.74) is 8.63. The normalized spacial score (nSPS) is 23.1. The number of hydrogen-bond donors (Lipinski definition) is 2. The topological polar surface area (TPSA) is 75.4 Å². The maximum Gasteiger partial charge on any atom is 0.254 e. The van der Waals surface area contributed by atoms with Crippen LogP contribution in [0.2, 0.25) is 0 Å². The monoisotopic (exact) mass is 427 g/mol. The highest BCUT2D eigenvalue weighted by Gasteiger charge is 2.30. The smallest absolute Gasteiger partial charge is 0.254 e. The lowest BCUT2D eigenvalue weighted by molar-refractivity contribution is -0.117. The maximum absolute atomic E-state index is 13.1. The van der Waals surface area contributed by atoms with Crippen LogP contribution in [0.1, 0.15) is 60.5 Å². The first-order valence-corrected chi connectivity index (χ1v) is 10.6. The van der Waals surface area contributed by atoms with Gasteiger partial charge in [-0.05, 0) is 61.4 Å². The zero-order valence-electron chi connectivity index (χ0n) is 17.1. The van der Waals surface area contributed by atoms with Crippen LogP contribution in [0.15, 0.2) is 54.6 Å². The largest absolute Gasteiger partial charge is 0.332 e. The third kappa shape index (κ3) is 5.02. The van der Waals surface area contributed by atoms with Crippen LogP contribution in [-0.4, -0.2) is 29.3 Å². The summed E-state index contributed by atoms with van der Waals surface area (Å²) in [7, 11) is 0. The average molecular weight is 428 g/mol. The average Bonchev–Trinajstić information content (AvgIpc) is 3.38. The molecule has 0 aromatic heterocycles. The molecular formula is C24H30ClN3O2. The maximum atomic E-state index is 13.1. The molecule has 3 atom stereocenters. The van der Waals surface area contributed by atoms with Crippen LogP contribution >= 0.6 is 12.4 Å². The summed E-state index contributed by atoms with van der Waals surface area (Å²) >= 11 is 0. The van der Waals surface area contributed by atoms with Crippen LogP contribution in [0.3, 0.4) is 0 Å². The van der Waals surface area contributed by atoms with Crippen molar-refractivity contribution in [2.24, 2.45) is 11.7 Å². The molecule has 3 N–H and O–H groups in total. The van der Waals surface area contributed by atoms with E-state index in [1.54, 1.807) is 12.1 Å². The van der Waals surface area contributed by atoms with E-state index in [1.807, 2.05) is 35.2 Å². The van der Waals surface area contributed by atoms with E-state index in [0.29, 0.717) is 12.0 Å². The molecule has 0 bridgehead atoms. The fourth-order valence-electron chi connectivity index (χ4n) is 4.66. The van der Waals surface area contributed by atoms with E-state index in [1.165, 1.54) is 5.56 Å². The van der Waals surface area contributed by atoms with Gasteiger partial charge in [0.25, 0.3) is 5.91 Å². The molecule has 30 heavy (non-hydrogen) atoms. The van der Waals surface area contributed by atoms with Gasteiger partial charge in [-0.15, -0.1) is 12.4 Å². The highest BCUT2D eigenvalue weighted by molar-refractivity contribution is 5.96. The standard InChI is InChI=1S/C24H29N3O2.ClH/c25-21-9-4-8-19(21)16-23(28)26-20-13-11-18(12-14-20)24(29)27-15-5-10-22(27)17-6-2-1-3-7-17;/h1-3,6-7,11-14,19,21-22H,4-5,8-10,15-16,25H2,(H,26,28);1H/t19-,21+,22?;/m0./s1. The number of nitrogens with zero attached hydrogens (tertiary/aromatic N) is 1. The van der Waals surface area contributed by atoms with Gasteiger partial charge in [0.1, 0.15) is 0 Å². The van der Waals surface area contributed by atoms with Gasteiger partial charge in [-0.1, -0.05) is 36.8 Å². The molecule has 0 radical (unpaired) electrons. The van der Waals surface area contributed by atoms with Crippen molar-refractivity contribution in [2.45, 2.75) is 50.6 Å². The number of nitrogens with one attached hydrogen (secondary N) is 1. The molecule has 1 saturated heterocycles. The predicted octanol–water partition coefficient (Wildman–Crippen LogP) is 4.54. The van der Waals surface area contributed by atoms with Crippen molar-refractivity contribution < 1.29 is 9.59 Å². The summed E-state index contributed by atoms with van der Waals surface area (Å²) in [4.78, 5) is 27.3. The third-order valence-corrected chi connectivity index (χ3v) is 6.28. The van der Waals surface area contributed by atoms with Crippen LogP contribution in [0.25, 0.3) is 0 Å². The van der Waals surface area contributed by atoms with Gasteiger partial charge in [0.15, 0.2) is 0 Å². The second-order valence-corrected chi connectivity index (χ2v) is 8.25. The van der Waals surface area contributed by atoms with Gasteiger partial charge in [0, 0.05) is 30.3 Å². The molecule has 5 nitrogen and oxygen atoms in total. The zero-order chi connectivity index (χ0) is 20.2. The Morgan fingerprint density at radius 3 is 2.37 bits per heavy atom. The number of nitrogens with two attached hydrogens (primary N) is 1. The zero-order valence-corrected chi connectivity index (χ0v) is 17.9. The molecule has 0 spiro atoms. The fraction of sp³-hybridized carbons (Fsp3) is 0.417. The highest BCUT2D eigenvalue weighted by Crippen LogP contribution is 2.33. The predicted molar refractivity (Wildman–Crippen MR) is 122 cm³/mol. The van der Waals surface area contributed by atoms with E-state index in [-0.39, 0.29) is 42.2 Å². The van der Waals surface area contributed by atoms with Crippen molar-refractivity contribution in [3.63, 3.8) is 0 Å². The number of rotatable bonds is 5. The number of halogens is 1. The molecule has 2 aliphatic rings. The Morgan fingerprint density at radius 1 is 0.967 bits per heavy atom. The van der Waals surface area contributed by atoms with Crippen molar-refractivity contribution in [1.29, 1.82) is 0 Å². The van der Waals surface area contributed by atoms with E-state index in [4.69, 9.17) is 5.73 Å². The van der Waals surface area contributed by atoms with E-state index in [0.717, 1.165) is 44.3 Å². The summed E-state index contributed by atoms with van der Waals surface area (Å²) in [6, 6.07) is 17.7. The molecule has 1 unspecified atom stereocenters. The summed E-state index contributed by atoms with van der Waals surface area (Å²) < 4.78 is 0. The Hall–Kier alpha value is -2.37. The van der Waals surface area contributed by atoms with Crippen molar-refractivity contribution in [1.82, 2.24) is 4.90 Å². The van der Waals surface area contributed by atoms with Crippen molar-refractivity contribution in [2.75, 3.05) is 11.9 Å². The first-order chi connectivity index (χ1) is 14.1. The van der Waals surface area contributed by atoms with Gasteiger partial charge in [-0.25, -0.2) is 0 Å². The fourth-order valence-corrected chi connectivity index (χ4v) is 4.66. The number of anilines is 1. The SMILES string of the molecule is Cl.N[C@@H]1CCC[C@H]1CC(=O)Nc1ccc(C(=O)N2CCCC2c2ccccc2)cc1. The minimum Gasteiger partial charge on any atom is -0.332 e. The Labute approximate surface area is 184 Å². The van der Waals surface area contributed by atoms with Gasteiger partial charge in [0.05, 0.1) is 6.04 Å². The molecule has 2 aromatic carbocycles. The number of likely N-dealkylation sites (tertiary alicyclic amines) is 1. The minimum absolute atomic E-state index is 0. The lowest BCUT2D eigenvalue weighted by Crippen LogP contribution is -2.30. The van der Waals surface area contributed by atoms with E-state index in [9.17, 15) is 9.59 Å². The Kier molecular flexibility index (Phi) is 7.51. The van der Waals surface area contributed by atoms with Crippen LogP contribution in [0.4, 0.5) is 5.69 Å². The number of benzene rings is 2. The lowest BCUT2D eigenvalue weighted by atomic mass is 10.00. The molecule has 1 aliphatic heterocycles. The summed E-state index contributed by atoms with van der Waals surface area (Å²) in [6.07, 6.45) is 5.62. The number of carbonyl (C=O) groups excluding carboxylic acids is 2. The van der Waals surface area contributed by atoms with Crippen LogP contribution < -0.4 is 11.1 Å². The molecule has 160 valence electrons. The number of hydrogen-bond acceptors (Lipinski definition) is 3. The van der Waals surface area contributed by atoms with Gasteiger partial charge in [-0.3, -0.25) is 9.59 Å². The Balaban J connectivity index is 0.00000256. The first kappa shape index (κ1) is 22.3. The van der Waals surface area contributed by atoms with Crippen LogP contribution in [0.5, 0.6) is 0 Å². The van der Waals surface area contributed by atoms with E-state index in [2.05, 4.69) is 17.4 Å². The Bertz CT molecular complexity index is 857. The van der Waals surface area contributed by atoms with Gasteiger partial charge in [-0.2, -0.15) is 0 Å². The van der Waals surface area contributed by atoms with Crippen LogP contribution in [0, 0.1) is 5.92 Å². The quantitative estimate of drug-likeness (QED) is 0.735. The van der Waals surface area contributed by atoms with Gasteiger partial charge in [0.2, 0.25) is 5.91 Å².